The lowest BCUT2D eigenvalue weighted by molar-refractivity contribution is -0.167. The third kappa shape index (κ3) is 40.8. The fourth-order valence-corrected chi connectivity index (χ4v) is 6.27. The molecule has 0 aromatic heterocycles. The van der Waals surface area contributed by atoms with Crippen molar-refractivity contribution in [1.82, 2.24) is 0 Å². The zero-order chi connectivity index (χ0) is 39.4. The molecule has 0 fully saturated rings. The maximum absolute atomic E-state index is 12.7. The maximum Gasteiger partial charge on any atom is 0.306 e. The SMILES string of the molecule is CCCCC=CCCCCCCCCC(=O)OCC(COC(=O)CCCCCCCCC=CCCCC)OC(=O)CCCCCCCCC=CCCCC. The molecule has 54 heavy (non-hydrogen) atoms. The topological polar surface area (TPSA) is 78.9 Å². The zero-order valence-corrected chi connectivity index (χ0v) is 35.7. The van der Waals surface area contributed by atoms with Crippen LogP contribution in [0.25, 0.3) is 0 Å². The van der Waals surface area contributed by atoms with Crippen LogP contribution < -0.4 is 0 Å². The Kier molecular flexibility index (Phi) is 41.5. The summed E-state index contributed by atoms with van der Waals surface area (Å²) >= 11 is 0. The third-order valence-electron chi connectivity index (χ3n) is 9.84. The summed E-state index contributed by atoms with van der Waals surface area (Å²) < 4.78 is 16.7. The quantitative estimate of drug-likeness (QED) is 0.0267. The third-order valence-corrected chi connectivity index (χ3v) is 9.84. The van der Waals surface area contributed by atoms with Crippen molar-refractivity contribution in [2.45, 2.75) is 239 Å². The maximum atomic E-state index is 12.7. The van der Waals surface area contributed by atoms with Gasteiger partial charge < -0.3 is 14.2 Å². The van der Waals surface area contributed by atoms with Crippen LogP contribution in [-0.2, 0) is 28.6 Å². The summed E-state index contributed by atoms with van der Waals surface area (Å²) in [6, 6.07) is 0. The lowest BCUT2D eigenvalue weighted by Crippen LogP contribution is -2.30. The molecule has 0 aliphatic rings. The van der Waals surface area contributed by atoms with Crippen molar-refractivity contribution in [2.24, 2.45) is 0 Å². The average Bonchev–Trinajstić information content (AvgIpc) is 3.17. The minimum Gasteiger partial charge on any atom is -0.462 e. The summed E-state index contributed by atoms with van der Waals surface area (Å²) in [5, 5.41) is 0. The van der Waals surface area contributed by atoms with Gasteiger partial charge in [0.1, 0.15) is 13.2 Å². The summed E-state index contributed by atoms with van der Waals surface area (Å²) in [7, 11) is 0. The molecule has 0 saturated carbocycles. The van der Waals surface area contributed by atoms with E-state index >= 15 is 0 Å². The van der Waals surface area contributed by atoms with Crippen molar-refractivity contribution in [3.63, 3.8) is 0 Å². The molecule has 0 amide bonds. The van der Waals surface area contributed by atoms with Crippen molar-refractivity contribution >= 4 is 17.9 Å². The minimum absolute atomic E-state index is 0.0791. The molecule has 0 aliphatic carbocycles. The van der Waals surface area contributed by atoms with E-state index < -0.39 is 6.10 Å². The Labute approximate surface area is 334 Å². The Morgan fingerprint density at radius 1 is 0.352 bits per heavy atom. The van der Waals surface area contributed by atoms with Gasteiger partial charge in [-0.05, 0) is 77.0 Å². The summed E-state index contributed by atoms with van der Waals surface area (Å²) in [6.07, 6.45) is 48.3. The number of esters is 3. The number of hydrogen-bond donors (Lipinski definition) is 0. The summed E-state index contributed by atoms with van der Waals surface area (Å²) in [5.41, 5.74) is 0. The molecular formula is C48H86O6. The molecule has 6 nitrogen and oxygen atoms in total. The number of carbonyl (C=O) groups excluding carboxylic acids is 3. The molecular weight excluding hydrogens is 673 g/mol. The number of hydrogen-bond acceptors (Lipinski definition) is 6. The van der Waals surface area contributed by atoms with Crippen LogP contribution in [0, 0.1) is 0 Å². The number of rotatable bonds is 41. The minimum atomic E-state index is -0.775. The molecule has 0 saturated heterocycles. The molecule has 0 radical (unpaired) electrons. The molecule has 6 heteroatoms. The molecule has 314 valence electrons. The van der Waals surface area contributed by atoms with E-state index in [0.29, 0.717) is 19.3 Å². The van der Waals surface area contributed by atoms with Gasteiger partial charge in [-0.3, -0.25) is 14.4 Å². The first kappa shape index (κ1) is 51.6. The predicted octanol–water partition coefficient (Wildman–Crippen LogP) is 14.6. The van der Waals surface area contributed by atoms with Crippen molar-refractivity contribution < 1.29 is 28.6 Å². The van der Waals surface area contributed by atoms with Crippen molar-refractivity contribution in [2.75, 3.05) is 13.2 Å². The first-order valence-corrected chi connectivity index (χ1v) is 23.0. The lowest BCUT2D eigenvalue weighted by atomic mass is 10.1. The van der Waals surface area contributed by atoms with E-state index in [9.17, 15) is 14.4 Å². The smallest absolute Gasteiger partial charge is 0.306 e. The van der Waals surface area contributed by atoms with Gasteiger partial charge in [-0.15, -0.1) is 0 Å². The van der Waals surface area contributed by atoms with Crippen molar-refractivity contribution in [1.29, 1.82) is 0 Å². The lowest BCUT2D eigenvalue weighted by Gasteiger charge is -2.18. The second-order valence-corrected chi connectivity index (χ2v) is 15.3. The van der Waals surface area contributed by atoms with Gasteiger partial charge >= 0.3 is 17.9 Å². The summed E-state index contributed by atoms with van der Waals surface area (Å²) in [4.78, 5) is 37.7. The molecule has 0 N–H and O–H groups in total. The molecule has 0 rings (SSSR count). The highest BCUT2D eigenvalue weighted by Crippen LogP contribution is 2.14. The molecule has 0 aliphatic heterocycles. The Hall–Kier alpha value is -2.37. The van der Waals surface area contributed by atoms with Crippen LogP contribution in [0.15, 0.2) is 36.5 Å². The molecule has 0 heterocycles. The van der Waals surface area contributed by atoms with Crippen LogP contribution in [0.1, 0.15) is 233 Å². The number of carbonyl (C=O) groups is 3. The highest BCUT2D eigenvalue weighted by atomic mass is 16.6. The molecule has 0 bridgehead atoms. The van der Waals surface area contributed by atoms with E-state index in [0.717, 1.165) is 77.0 Å². The highest BCUT2D eigenvalue weighted by Gasteiger charge is 2.19. The van der Waals surface area contributed by atoms with Gasteiger partial charge in [0, 0.05) is 19.3 Å². The van der Waals surface area contributed by atoms with Crippen LogP contribution in [0.5, 0.6) is 0 Å². The monoisotopic (exact) mass is 759 g/mol. The molecule has 0 spiro atoms. The Morgan fingerprint density at radius 2 is 0.611 bits per heavy atom. The van der Waals surface area contributed by atoms with Gasteiger partial charge in [0.15, 0.2) is 6.10 Å². The van der Waals surface area contributed by atoms with E-state index in [4.69, 9.17) is 14.2 Å². The molecule has 0 unspecified atom stereocenters. The van der Waals surface area contributed by atoms with Crippen molar-refractivity contribution in [3.05, 3.63) is 36.5 Å². The standard InChI is InChI=1S/C48H86O6/c1-4-7-10-13-16-19-22-25-28-31-34-37-40-46(49)52-43-45(54-48(51)42-39-36-33-30-27-24-21-18-15-12-9-6-3)44-53-47(50)41-38-35-32-29-26-23-20-17-14-11-8-5-2/h13-18,45H,4-12,19-44H2,1-3H3. The van der Waals surface area contributed by atoms with Gasteiger partial charge in [0.25, 0.3) is 0 Å². The average molecular weight is 759 g/mol. The van der Waals surface area contributed by atoms with E-state index in [1.165, 1.54) is 116 Å². The summed E-state index contributed by atoms with van der Waals surface area (Å²) in [5.74, 6) is -0.899. The van der Waals surface area contributed by atoms with Gasteiger partial charge in [-0.25, -0.2) is 0 Å². The number of ether oxygens (including phenoxy) is 3. The predicted molar refractivity (Wildman–Crippen MR) is 229 cm³/mol. The van der Waals surface area contributed by atoms with Gasteiger partial charge in [0.2, 0.25) is 0 Å². The van der Waals surface area contributed by atoms with Gasteiger partial charge in [0.05, 0.1) is 0 Å². The van der Waals surface area contributed by atoms with Crippen LogP contribution in [0.2, 0.25) is 0 Å². The largest absolute Gasteiger partial charge is 0.462 e. The van der Waals surface area contributed by atoms with E-state index in [-0.39, 0.29) is 31.1 Å². The zero-order valence-electron chi connectivity index (χ0n) is 35.7. The normalized spacial score (nSPS) is 12.3. The fourth-order valence-electron chi connectivity index (χ4n) is 6.27. The van der Waals surface area contributed by atoms with E-state index in [1.807, 2.05) is 0 Å². The van der Waals surface area contributed by atoms with Crippen LogP contribution in [0.3, 0.4) is 0 Å². The Morgan fingerprint density at radius 3 is 0.926 bits per heavy atom. The van der Waals surface area contributed by atoms with Crippen LogP contribution in [0.4, 0.5) is 0 Å². The van der Waals surface area contributed by atoms with Crippen molar-refractivity contribution in [3.8, 4) is 0 Å². The first-order valence-electron chi connectivity index (χ1n) is 23.0. The Bertz CT molecular complexity index is 872. The van der Waals surface area contributed by atoms with E-state index in [1.54, 1.807) is 0 Å². The van der Waals surface area contributed by atoms with E-state index in [2.05, 4.69) is 57.2 Å². The van der Waals surface area contributed by atoms with Gasteiger partial charge in [-0.2, -0.15) is 0 Å². The summed E-state index contributed by atoms with van der Waals surface area (Å²) in [6.45, 7) is 6.51. The second kappa shape index (κ2) is 43.4. The number of unbranched alkanes of at least 4 members (excludes halogenated alkanes) is 24. The van der Waals surface area contributed by atoms with Gasteiger partial charge in [-0.1, -0.05) is 173 Å². The number of allylic oxidation sites excluding steroid dienone is 6. The fraction of sp³-hybridized carbons (Fsp3) is 0.812. The molecule has 0 atom stereocenters. The highest BCUT2D eigenvalue weighted by molar-refractivity contribution is 5.71. The molecule has 0 aromatic carbocycles. The Balaban J connectivity index is 4.39. The molecule has 0 aromatic rings. The first-order chi connectivity index (χ1) is 26.5. The second-order valence-electron chi connectivity index (χ2n) is 15.3. The van der Waals surface area contributed by atoms with Crippen LogP contribution >= 0.6 is 0 Å². The van der Waals surface area contributed by atoms with Crippen LogP contribution in [-0.4, -0.2) is 37.2 Å².